The van der Waals surface area contributed by atoms with E-state index in [9.17, 15) is 18.0 Å². The molecule has 2 aromatic rings. The molecule has 0 aliphatic rings. The lowest BCUT2D eigenvalue weighted by molar-refractivity contribution is -0.169. The smallest absolute Gasteiger partial charge is 0.323 e. The van der Waals surface area contributed by atoms with E-state index >= 15 is 0 Å². The maximum atomic E-state index is 13.1. The molecule has 0 aliphatic heterocycles. The number of esters is 2. The lowest BCUT2D eigenvalue weighted by atomic mass is 9.79. The van der Waals surface area contributed by atoms with Gasteiger partial charge in [0, 0.05) is 18.4 Å². The Kier molecular flexibility index (Phi) is 8.60. The molecule has 32 heavy (non-hydrogen) atoms. The molecule has 0 unspecified atom stereocenters. The molecule has 0 bridgehead atoms. The molecule has 0 aromatic heterocycles. The maximum Gasteiger partial charge on any atom is 0.323 e. The number of benzene rings is 2. The Hall–Kier alpha value is -3.59. The maximum absolute atomic E-state index is 13.1. The van der Waals surface area contributed by atoms with Crippen LogP contribution in [0.4, 0.5) is 0 Å². The van der Waals surface area contributed by atoms with Gasteiger partial charge in [-0.3, -0.25) is 9.59 Å². The van der Waals surface area contributed by atoms with Crippen LogP contribution >= 0.6 is 0 Å². The number of carbonyl (C=O) groups is 2. The SMILES string of the molecule is C=C=C(CC(CCC#Cc1ccccc1)(C(=O)OC)C(=O)OC)S(=O)(=O)c1ccccc1. The van der Waals surface area contributed by atoms with Crippen LogP contribution in [0.5, 0.6) is 0 Å². The number of methoxy groups -OCH3 is 2. The lowest BCUT2D eigenvalue weighted by Gasteiger charge is -2.28. The van der Waals surface area contributed by atoms with Crippen molar-refractivity contribution in [3.05, 3.63) is 83.4 Å². The summed E-state index contributed by atoms with van der Waals surface area (Å²) in [6, 6.07) is 16.8. The van der Waals surface area contributed by atoms with Crippen molar-refractivity contribution in [2.75, 3.05) is 14.2 Å². The second-order valence-corrected chi connectivity index (χ2v) is 8.80. The third kappa shape index (κ3) is 5.55. The fourth-order valence-corrected chi connectivity index (χ4v) is 4.57. The zero-order valence-electron chi connectivity index (χ0n) is 18.0. The van der Waals surface area contributed by atoms with E-state index < -0.39 is 33.6 Å². The molecule has 7 heteroatoms. The third-order valence-corrected chi connectivity index (χ3v) is 6.70. The van der Waals surface area contributed by atoms with Crippen LogP contribution in [0.2, 0.25) is 0 Å². The number of hydrogen-bond donors (Lipinski definition) is 0. The summed E-state index contributed by atoms with van der Waals surface area (Å²) in [4.78, 5) is 25.3. The molecule has 0 aliphatic carbocycles. The molecule has 166 valence electrons. The number of allylic oxidation sites excluding steroid dienone is 1. The molecule has 6 nitrogen and oxygen atoms in total. The van der Waals surface area contributed by atoms with Gasteiger partial charge in [0.15, 0.2) is 5.41 Å². The molecule has 0 saturated carbocycles. The van der Waals surface area contributed by atoms with E-state index in [-0.39, 0.29) is 22.6 Å². The molecule has 0 atom stereocenters. The molecular formula is C25H24O6S. The zero-order chi connectivity index (χ0) is 23.6. The normalized spacial score (nSPS) is 10.8. The third-order valence-electron chi connectivity index (χ3n) is 4.87. The van der Waals surface area contributed by atoms with E-state index in [1.165, 1.54) is 12.1 Å². The van der Waals surface area contributed by atoms with Crippen LogP contribution in [-0.4, -0.2) is 34.6 Å². The van der Waals surface area contributed by atoms with Gasteiger partial charge in [0.1, 0.15) is 0 Å². The lowest BCUT2D eigenvalue weighted by Crippen LogP contribution is -2.42. The van der Waals surface area contributed by atoms with Gasteiger partial charge in [0.05, 0.1) is 24.0 Å². The molecule has 0 heterocycles. The summed E-state index contributed by atoms with van der Waals surface area (Å²) in [5.41, 5.74) is 1.25. The van der Waals surface area contributed by atoms with E-state index in [0.717, 1.165) is 19.8 Å². The first-order valence-electron chi connectivity index (χ1n) is 9.71. The molecule has 0 amide bonds. The van der Waals surface area contributed by atoms with Gasteiger partial charge in [-0.1, -0.05) is 54.8 Å². The van der Waals surface area contributed by atoms with Gasteiger partial charge in [0.2, 0.25) is 9.84 Å². The summed E-state index contributed by atoms with van der Waals surface area (Å²) in [6.45, 7) is 3.47. The number of ether oxygens (including phenoxy) is 2. The average Bonchev–Trinajstić information content (AvgIpc) is 2.83. The van der Waals surface area contributed by atoms with Crippen LogP contribution < -0.4 is 0 Å². The Morgan fingerprint density at radius 1 is 0.938 bits per heavy atom. The van der Waals surface area contributed by atoms with Crippen LogP contribution in [0.3, 0.4) is 0 Å². The molecular weight excluding hydrogens is 428 g/mol. The Bertz CT molecular complexity index is 1150. The van der Waals surface area contributed by atoms with Gasteiger partial charge >= 0.3 is 11.9 Å². The van der Waals surface area contributed by atoms with Gasteiger partial charge in [-0.15, -0.1) is 5.73 Å². The van der Waals surface area contributed by atoms with Gasteiger partial charge in [-0.05, 0) is 30.7 Å². The van der Waals surface area contributed by atoms with Crippen molar-refractivity contribution in [3.63, 3.8) is 0 Å². The molecule has 0 fully saturated rings. The Morgan fingerprint density at radius 2 is 1.47 bits per heavy atom. The predicted molar refractivity (Wildman–Crippen MR) is 120 cm³/mol. The van der Waals surface area contributed by atoms with Gasteiger partial charge in [-0.2, -0.15) is 0 Å². The first-order chi connectivity index (χ1) is 15.3. The highest BCUT2D eigenvalue weighted by Gasteiger charge is 2.50. The Balaban J connectivity index is 2.43. The summed E-state index contributed by atoms with van der Waals surface area (Å²) >= 11 is 0. The Labute approximate surface area is 188 Å². The second-order valence-electron chi connectivity index (χ2n) is 6.83. The standard InChI is InChI=1S/C25H24O6S/c1-4-21(32(28,29)22-16-9-6-10-17-22)19-25(23(26)30-2,24(27)31-3)18-12-11-15-20-13-7-5-8-14-20/h5-10,13-14,16-17H,1,12,18-19H2,2-3H3. The van der Waals surface area contributed by atoms with Crippen molar-refractivity contribution < 1.29 is 27.5 Å². The fourth-order valence-electron chi connectivity index (χ4n) is 3.14. The van der Waals surface area contributed by atoms with Crippen LogP contribution in [0.25, 0.3) is 0 Å². The van der Waals surface area contributed by atoms with E-state index in [1.807, 2.05) is 30.3 Å². The van der Waals surface area contributed by atoms with E-state index in [2.05, 4.69) is 24.2 Å². The van der Waals surface area contributed by atoms with Crippen molar-refractivity contribution in [2.45, 2.75) is 24.2 Å². The minimum absolute atomic E-state index is 0.00125. The summed E-state index contributed by atoms with van der Waals surface area (Å²) in [7, 11) is -1.80. The average molecular weight is 453 g/mol. The highest BCUT2D eigenvalue weighted by atomic mass is 32.2. The Morgan fingerprint density at radius 3 is 1.97 bits per heavy atom. The quantitative estimate of drug-likeness (QED) is 0.263. The molecule has 2 rings (SSSR count). The number of hydrogen-bond acceptors (Lipinski definition) is 6. The van der Waals surface area contributed by atoms with E-state index in [0.29, 0.717) is 0 Å². The number of rotatable bonds is 8. The largest absolute Gasteiger partial charge is 0.468 e. The van der Waals surface area contributed by atoms with Crippen LogP contribution in [0, 0.1) is 17.3 Å². The first kappa shape index (κ1) is 24.7. The van der Waals surface area contributed by atoms with Crippen molar-refractivity contribution in [1.29, 1.82) is 0 Å². The summed E-state index contributed by atoms with van der Waals surface area (Å²) in [5, 5.41) is 0. The minimum Gasteiger partial charge on any atom is -0.468 e. The van der Waals surface area contributed by atoms with Gasteiger partial charge < -0.3 is 9.47 Å². The molecule has 2 aromatic carbocycles. The van der Waals surface area contributed by atoms with Crippen LogP contribution in [0.1, 0.15) is 24.8 Å². The summed E-state index contributed by atoms with van der Waals surface area (Å²) in [6.07, 6.45) is -0.503. The van der Waals surface area contributed by atoms with Gasteiger partial charge in [-0.25, -0.2) is 8.42 Å². The predicted octanol–water partition coefficient (Wildman–Crippen LogP) is 3.68. The van der Waals surface area contributed by atoms with Gasteiger partial charge in [0.25, 0.3) is 0 Å². The highest BCUT2D eigenvalue weighted by Crippen LogP contribution is 2.37. The monoisotopic (exact) mass is 452 g/mol. The van der Waals surface area contributed by atoms with Crippen molar-refractivity contribution in [1.82, 2.24) is 0 Å². The van der Waals surface area contributed by atoms with E-state index in [4.69, 9.17) is 9.47 Å². The van der Waals surface area contributed by atoms with Crippen LogP contribution in [-0.2, 0) is 28.9 Å². The molecule has 0 saturated heterocycles. The summed E-state index contributed by atoms with van der Waals surface area (Å²) < 4.78 is 36.0. The molecule has 0 spiro atoms. The van der Waals surface area contributed by atoms with Crippen molar-refractivity contribution >= 4 is 21.8 Å². The van der Waals surface area contributed by atoms with Crippen LogP contribution in [0.15, 0.2) is 82.8 Å². The van der Waals surface area contributed by atoms with Crippen molar-refractivity contribution in [3.8, 4) is 11.8 Å². The molecule has 0 N–H and O–H groups in total. The number of carbonyl (C=O) groups excluding carboxylic acids is 2. The second kappa shape index (κ2) is 11.1. The fraction of sp³-hybridized carbons (Fsp3) is 0.240. The minimum atomic E-state index is -4.05. The first-order valence-corrected chi connectivity index (χ1v) is 11.2. The topological polar surface area (TPSA) is 86.7 Å². The van der Waals surface area contributed by atoms with E-state index in [1.54, 1.807) is 18.2 Å². The number of sulfone groups is 1. The molecule has 0 radical (unpaired) electrons. The zero-order valence-corrected chi connectivity index (χ0v) is 18.8. The highest BCUT2D eigenvalue weighted by molar-refractivity contribution is 7.95. The summed E-state index contributed by atoms with van der Waals surface area (Å²) in [5.74, 6) is 4.03. The van der Waals surface area contributed by atoms with Crippen molar-refractivity contribution in [2.24, 2.45) is 5.41 Å².